The number of carbonyl (C=O) groups is 1. The minimum absolute atomic E-state index is 0.101. The summed E-state index contributed by atoms with van der Waals surface area (Å²) >= 11 is 0. The largest absolute Gasteiger partial charge is 0.333 e. The first-order chi connectivity index (χ1) is 7.45. The molecule has 0 spiro atoms. The van der Waals surface area contributed by atoms with E-state index in [1.165, 1.54) is 0 Å². The van der Waals surface area contributed by atoms with Crippen LogP contribution >= 0.6 is 0 Å². The van der Waals surface area contributed by atoms with Gasteiger partial charge in [-0.3, -0.25) is 14.8 Å². The quantitative estimate of drug-likeness (QED) is 0.616. The number of nitrogens with one attached hydrogen (secondary N) is 2. The van der Waals surface area contributed by atoms with Gasteiger partial charge in [0.2, 0.25) is 0 Å². The van der Waals surface area contributed by atoms with Gasteiger partial charge >= 0.3 is 17.1 Å². The van der Waals surface area contributed by atoms with E-state index in [-0.39, 0.29) is 12.3 Å². The van der Waals surface area contributed by atoms with Crippen molar-refractivity contribution in [1.82, 2.24) is 14.5 Å². The molecule has 0 amide bonds. The van der Waals surface area contributed by atoms with E-state index in [4.69, 9.17) is 0 Å². The summed E-state index contributed by atoms with van der Waals surface area (Å²) in [6.07, 6.45) is 1.12. The van der Waals surface area contributed by atoms with Gasteiger partial charge < -0.3 is 0 Å². The molecule has 2 N–H and O–H groups in total. The van der Waals surface area contributed by atoms with Gasteiger partial charge in [0.25, 0.3) is 0 Å². The Hall–Kier alpha value is -2.18. The van der Waals surface area contributed by atoms with Gasteiger partial charge in [0.15, 0.2) is 5.78 Å². The second-order valence-corrected chi connectivity index (χ2v) is 3.31. The molecule has 1 aromatic rings. The Morgan fingerprint density at radius 3 is 2.31 bits per heavy atom. The number of allylic oxidation sites excluding steroid dienone is 1. The Balaban J connectivity index is 3.12. The molecule has 0 bridgehead atoms. The summed E-state index contributed by atoms with van der Waals surface area (Å²) in [6.45, 7) is 4.76. The molecule has 1 heterocycles. The number of hydrogen-bond donors (Lipinski definition) is 2. The van der Waals surface area contributed by atoms with Crippen LogP contribution in [-0.2, 0) is 11.3 Å². The SMILES string of the molecule is C=CC(=O)C(C)Cn1c(=O)[nH]c(=O)[nH]c1=O. The zero-order valence-electron chi connectivity index (χ0n) is 8.65. The van der Waals surface area contributed by atoms with Crippen molar-refractivity contribution in [1.29, 1.82) is 0 Å². The lowest BCUT2D eigenvalue weighted by Gasteiger charge is -2.08. The van der Waals surface area contributed by atoms with Crippen LogP contribution in [0.15, 0.2) is 27.0 Å². The summed E-state index contributed by atoms with van der Waals surface area (Å²) in [5.74, 6) is -0.834. The molecule has 16 heavy (non-hydrogen) atoms. The van der Waals surface area contributed by atoms with Crippen molar-refractivity contribution < 1.29 is 4.79 Å². The van der Waals surface area contributed by atoms with Crippen molar-refractivity contribution in [3.05, 3.63) is 44.1 Å². The maximum atomic E-state index is 11.3. The van der Waals surface area contributed by atoms with Crippen LogP contribution in [0.5, 0.6) is 0 Å². The lowest BCUT2D eigenvalue weighted by atomic mass is 10.1. The summed E-state index contributed by atoms with van der Waals surface area (Å²) in [6, 6.07) is 0. The van der Waals surface area contributed by atoms with Crippen LogP contribution in [0.3, 0.4) is 0 Å². The molecular formula is C9H11N3O4. The highest BCUT2D eigenvalue weighted by Gasteiger charge is 2.13. The van der Waals surface area contributed by atoms with Crippen molar-refractivity contribution in [2.75, 3.05) is 0 Å². The Labute approximate surface area is 89.4 Å². The lowest BCUT2D eigenvalue weighted by Crippen LogP contribution is -2.44. The Kier molecular flexibility index (Phi) is 3.39. The molecule has 1 atom stereocenters. The zero-order valence-corrected chi connectivity index (χ0v) is 8.65. The van der Waals surface area contributed by atoms with E-state index in [1.807, 2.05) is 9.97 Å². The van der Waals surface area contributed by atoms with Crippen LogP contribution < -0.4 is 17.1 Å². The summed E-state index contributed by atoms with van der Waals surface area (Å²) in [7, 11) is 0. The van der Waals surface area contributed by atoms with Gasteiger partial charge in [0.05, 0.1) is 0 Å². The van der Waals surface area contributed by atoms with E-state index in [0.29, 0.717) is 0 Å². The molecule has 0 aliphatic heterocycles. The Bertz CT molecular complexity index is 543. The second-order valence-electron chi connectivity index (χ2n) is 3.31. The molecule has 1 aromatic heterocycles. The number of carbonyl (C=O) groups excluding carboxylic acids is 1. The van der Waals surface area contributed by atoms with Crippen LogP contribution in [0, 0.1) is 5.92 Å². The Morgan fingerprint density at radius 2 is 1.88 bits per heavy atom. The van der Waals surface area contributed by atoms with Gasteiger partial charge in [-0.25, -0.2) is 19.0 Å². The van der Waals surface area contributed by atoms with E-state index < -0.39 is 23.0 Å². The summed E-state index contributed by atoms with van der Waals surface area (Å²) in [5, 5.41) is 0. The number of aromatic nitrogens is 3. The number of H-pyrrole nitrogens is 2. The van der Waals surface area contributed by atoms with Crippen LogP contribution in [0.25, 0.3) is 0 Å². The minimum Gasteiger partial charge on any atom is -0.295 e. The topological polar surface area (TPSA) is 105 Å². The summed E-state index contributed by atoms with van der Waals surface area (Å²) in [5.41, 5.74) is -2.54. The first-order valence-corrected chi connectivity index (χ1v) is 4.55. The summed E-state index contributed by atoms with van der Waals surface area (Å²) < 4.78 is 0.757. The minimum atomic E-state index is -0.867. The molecule has 1 unspecified atom stereocenters. The molecule has 7 nitrogen and oxygen atoms in total. The molecule has 1 rings (SSSR count). The Morgan fingerprint density at radius 1 is 1.38 bits per heavy atom. The predicted molar refractivity (Wildman–Crippen MR) is 56.3 cm³/mol. The van der Waals surface area contributed by atoms with Crippen LogP contribution in [0.4, 0.5) is 0 Å². The fourth-order valence-corrected chi connectivity index (χ4v) is 1.18. The van der Waals surface area contributed by atoms with Gasteiger partial charge in [0, 0.05) is 12.5 Å². The first-order valence-electron chi connectivity index (χ1n) is 4.55. The average Bonchev–Trinajstić information content (AvgIpc) is 2.21. The number of nitrogens with zero attached hydrogens (tertiary/aromatic N) is 1. The van der Waals surface area contributed by atoms with Crippen molar-refractivity contribution in [2.45, 2.75) is 13.5 Å². The smallest absolute Gasteiger partial charge is 0.295 e. The zero-order chi connectivity index (χ0) is 12.3. The highest BCUT2D eigenvalue weighted by Crippen LogP contribution is 1.98. The van der Waals surface area contributed by atoms with Gasteiger partial charge in [-0.1, -0.05) is 13.5 Å². The highest BCUT2D eigenvalue weighted by molar-refractivity contribution is 5.90. The fourth-order valence-electron chi connectivity index (χ4n) is 1.18. The molecule has 0 radical (unpaired) electrons. The van der Waals surface area contributed by atoms with E-state index in [9.17, 15) is 19.2 Å². The van der Waals surface area contributed by atoms with Crippen LogP contribution in [0.1, 0.15) is 6.92 Å². The van der Waals surface area contributed by atoms with Crippen LogP contribution in [-0.4, -0.2) is 20.3 Å². The van der Waals surface area contributed by atoms with Gasteiger partial charge in [-0.05, 0) is 6.08 Å². The van der Waals surface area contributed by atoms with Gasteiger partial charge in [0.1, 0.15) is 0 Å². The molecular weight excluding hydrogens is 214 g/mol. The predicted octanol–water partition coefficient (Wildman–Crippen LogP) is -1.38. The maximum absolute atomic E-state index is 11.3. The molecule has 0 aliphatic carbocycles. The standard InChI is InChI=1S/C9H11N3O4/c1-3-6(13)5(2)4-12-8(15)10-7(14)11-9(12)16/h3,5H,1,4H2,2H3,(H2,10,11,14,15,16). The van der Waals surface area contributed by atoms with Crippen molar-refractivity contribution >= 4 is 5.78 Å². The molecule has 0 aromatic carbocycles. The molecule has 0 fully saturated rings. The third-order valence-electron chi connectivity index (χ3n) is 2.07. The van der Waals surface area contributed by atoms with Crippen molar-refractivity contribution in [2.24, 2.45) is 5.92 Å². The van der Waals surface area contributed by atoms with Crippen LogP contribution in [0.2, 0.25) is 0 Å². The van der Waals surface area contributed by atoms with E-state index in [2.05, 4.69) is 6.58 Å². The summed E-state index contributed by atoms with van der Waals surface area (Å²) in [4.78, 5) is 48.2. The fraction of sp³-hybridized carbons (Fsp3) is 0.333. The van der Waals surface area contributed by atoms with Gasteiger partial charge in [-0.15, -0.1) is 0 Å². The molecule has 7 heteroatoms. The molecule has 86 valence electrons. The van der Waals surface area contributed by atoms with E-state index in [0.717, 1.165) is 10.6 Å². The second kappa shape index (κ2) is 4.56. The van der Waals surface area contributed by atoms with Gasteiger partial charge in [-0.2, -0.15) is 0 Å². The van der Waals surface area contributed by atoms with E-state index >= 15 is 0 Å². The third kappa shape index (κ3) is 2.44. The molecule has 0 saturated heterocycles. The highest BCUT2D eigenvalue weighted by atomic mass is 16.2. The average molecular weight is 225 g/mol. The lowest BCUT2D eigenvalue weighted by molar-refractivity contribution is -0.118. The number of hydrogen-bond acceptors (Lipinski definition) is 4. The number of ketones is 1. The van der Waals surface area contributed by atoms with Crippen molar-refractivity contribution in [3.63, 3.8) is 0 Å². The normalized spacial score (nSPS) is 12.1. The maximum Gasteiger partial charge on any atom is 0.333 e. The van der Waals surface area contributed by atoms with Crippen molar-refractivity contribution in [3.8, 4) is 0 Å². The molecule has 0 saturated carbocycles. The number of rotatable bonds is 4. The third-order valence-corrected chi connectivity index (χ3v) is 2.07. The number of aromatic amines is 2. The van der Waals surface area contributed by atoms with E-state index in [1.54, 1.807) is 6.92 Å². The molecule has 0 aliphatic rings. The monoisotopic (exact) mass is 225 g/mol. The first kappa shape index (κ1) is 11.9.